The number of hydrogen-bond acceptors (Lipinski definition) is 7. The zero-order valence-corrected chi connectivity index (χ0v) is 19.3. The molecular formula is C23H18F4N6O4. The van der Waals surface area contributed by atoms with Crippen molar-refractivity contribution >= 4 is 23.2 Å². The van der Waals surface area contributed by atoms with Gasteiger partial charge in [-0.25, -0.2) is 13.7 Å². The van der Waals surface area contributed by atoms with Crippen molar-refractivity contribution in [1.29, 1.82) is 0 Å². The van der Waals surface area contributed by atoms with E-state index in [1.165, 1.54) is 31.1 Å². The van der Waals surface area contributed by atoms with Gasteiger partial charge in [-0.1, -0.05) is 5.16 Å². The summed E-state index contributed by atoms with van der Waals surface area (Å²) < 4.78 is 64.5. The van der Waals surface area contributed by atoms with E-state index in [4.69, 9.17) is 4.52 Å². The summed E-state index contributed by atoms with van der Waals surface area (Å²) in [5, 5.41) is 10.3. The maximum atomic E-state index is 14.7. The molecule has 3 aromatic heterocycles. The van der Waals surface area contributed by atoms with E-state index in [1.807, 2.05) is 0 Å². The number of carbonyl (C=O) groups is 2. The predicted molar refractivity (Wildman–Crippen MR) is 119 cm³/mol. The minimum Gasteiger partial charge on any atom is -0.453 e. The van der Waals surface area contributed by atoms with Gasteiger partial charge in [-0.2, -0.15) is 23.3 Å². The Balaban J connectivity index is 1.37. The number of amides is 2. The van der Waals surface area contributed by atoms with Crippen LogP contribution in [0.1, 0.15) is 33.3 Å². The molecule has 0 saturated carbocycles. The Morgan fingerprint density at radius 2 is 1.97 bits per heavy atom. The van der Waals surface area contributed by atoms with Crippen LogP contribution >= 0.6 is 0 Å². The Morgan fingerprint density at radius 1 is 1.22 bits per heavy atom. The van der Waals surface area contributed by atoms with E-state index >= 15 is 0 Å². The average Bonchev–Trinajstić information content (AvgIpc) is 3.47. The minimum atomic E-state index is -4.56. The van der Waals surface area contributed by atoms with Gasteiger partial charge in [0, 0.05) is 36.1 Å². The van der Waals surface area contributed by atoms with E-state index in [0.29, 0.717) is 13.1 Å². The molecule has 0 aliphatic carbocycles. The number of halogens is 4. The lowest BCUT2D eigenvalue weighted by atomic mass is 10.0. The molecule has 1 aliphatic heterocycles. The first-order chi connectivity index (χ1) is 17.5. The number of anilines is 1. The van der Waals surface area contributed by atoms with Crippen LogP contribution in [0.3, 0.4) is 0 Å². The minimum absolute atomic E-state index is 0.000858. The number of likely N-dealkylation sites (tertiary alicyclic amines) is 1. The molecule has 1 aromatic carbocycles. The van der Waals surface area contributed by atoms with Crippen LogP contribution in [0.2, 0.25) is 0 Å². The molecule has 5 rings (SSSR count). The normalized spacial score (nSPS) is 14.1. The Hall–Kier alpha value is -4.49. The largest absolute Gasteiger partial charge is 0.453 e. The Labute approximate surface area is 205 Å². The lowest BCUT2D eigenvalue weighted by Crippen LogP contribution is -2.48. The monoisotopic (exact) mass is 518 g/mol. The van der Waals surface area contributed by atoms with Gasteiger partial charge in [-0.3, -0.25) is 4.79 Å². The molecule has 0 unspecified atom stereocenters. The number of rotatable bonds is 4. The molecule has 0 bridgehead atoms. The third-order valence-corrected chi connectivity index (χ3v) is 6.04. The van der Waals surface area contributed by atoms with Crippen LogP contribution in [0.25, 0.3) is 16.9 Å². The molecular weight excluding hydrogens is 500 g/mol. The lowest BCUT2D eigenvalue weighted by molar-refractivity contribution is -0.137. The number of alkyl halides is 3. The van der Waals surface area contributed by atoms with Gasteiger partial charge in [-0.15, -0.1) is 0 Å². The topological polar surface area (TPSA) is 115 Å². The average molecular weight is 518 g/mol. The van der Waals surface area contributed by atoms with Crippen molar-refractivity contribution in [2.75, 3.05) is 25.5 Å². The second-order valence-corrected chi connectivity index (χ2v) is 8.42. The highest BCUT2D eigenvalue weighted by molar-refractivity contribution is 6.09. The van der Waals surface area contributed by atoms with E-state index in [2.05, 4.69) is 25.3 Å². The van der Waals surface area contributed by atoms with Gasteiger partial charge in [0.1, 0.15) is 5.82 Å². The Morgan fingerprint density at radius 3 is 2.68 bits per heavy atom. The van der Waals surface area contributed by atoms with Crippen molar-refractivity contribution in [2.45, 2.75) is 19.0 Å². The fourth-order valence-corrected chi connectivity index (χ4v) is 3.89. The fraction of sp³-hybridized carbons (Fsp3) is 0.261. The number of methoxy groups -OCH3 is 1. The van der Waals surface area contributed by atoms with Crippen LogP contribution in [0.15, 0.2) is 41.2 Å². The third-order valence-electron chi connectivity index (χ3n) is 6.04. The molecule has 0 radical (unpaired) electrons. The number of pyridine rings is 1. The zero-order chi connectivity index (χ0) is 26.5. The highest BCUT2D eigenvalue weighted by Crippen LogP contribution is 2.32. The first kappa shape index (κ1) is 24.2. The summed E-state index contributed by atoms with van der Waals surface area (Å²) in [6.45, 7) is 2.13. The van der Waals surface area contributed by atoms with E-state index in [-0.39, 0.29) is 45.5 Å². The van der Waals surface area contributed by atoms with Gasteiger partial charge in [0.25, 0.3) is 5.91 Å². The quantitative estimate of drug-likeness (QED) is 0.401. The van der Waals surface area contributed by atoms with Crippen molar-refractivity contribution in [3.05, 3.63) is 65.1 Å². The highest BCUT2D eigenvalue weighted by atomic mass is 19.4. The zero-order valence-electron chi connectivity index (χ0n) is 19.3. The molecule has 1 N–H and O–H groups in total. The number of aromatic nitrogens is 4. The molecule has 0 spiro atoms. The van der Waals surface area contributed by atoms with Crippen molar-refractivity contribution < 1.29 is 36.4 Å². The number of benzene rings is 1. The second-order valence-electron chi connectivity index (χ2n) is 8.42. The molecule has 1 aliphatic rings. The first-order valence-electron chi connectivity index (χ1n) is 10.9. The van der Waals surface area contributed by atoms with Crippen LogP contribution in [-0.4, -0.2) is 56.9 Å². The summed E-state index contributed by atoms with van der Waals surface area (Å²) in [6.07, 6.45) is -3.13. The standard InChI is InChI=1S/C23H18F4N6O4/c1-11-16(24)5-12(19-30-21(37-31-19)13-8-32(9-13)22(35)36-2)6-17(11)29-20(34)15-7-28-33-10-14(23(25,26)27)3-4-18(15)33/h3-7,10,13H,8-9H2,1-2H3,(H,29,34). The fourth-order valence-electron chi connectivity index (χ4n) is 3.89. The first-order valence-corrected chi connectivity index (χ1v) is 10.9. The van der Waals surface area contributed by atoms with Crippen LogP contribution in [0, 0.1) is 12.7 Å². The SMILES string of the molecule is COC(=O)N1CC(c2nc(-c3cc(F)c(C)c(NC(=O)c4cnn5cc(C(F)(F)F)ccc45)c3)no2)C1. The summed E-state index contributed by atoms with van der Waals surface area (Å²) >= 11 is 0. The van der Waals surface area contributed by atoms with Crippen molar-refractivity contribution in [3.63, 3.8) is 0 Å². The van der Waals surface area contributed by atoms with Gasteiger partial charge >= 0.3 is 12.3 Å². The highest BCUT2D eigenvalue weighted by Gasteiger charge is 2.36. The molecule has 4 heterocycles. The van der Waals surface area contributed by atoms with Gasteiger partial charge in [-0.05, 0) is 31.2 Å². The predicted octanol–water partition coefficient (Wildman–Crippen LogP) is 4.27. The molecule has 10 nitrogen and oxygen atoms in total. The second kappa shape index (κ2) is 8.87. The summed E-state index contributed by atoms with van der Waals surface area (Å²) in [4.78, 5) is 30.2. The van der Waals surface area contributed by atoms with E-state index < -0.39 is 29.6 Å². The summed E-state index contributed by atoms with van der Waals surface area (Å²) in [7, 11) is 1.28. The smallest absolute Gasteiger partial charge is 0.417 e. The number of carbonyl (C=O) groups excluding carboxylic acids is 2. The maximum absolute atomic E-state index is 14.7. The van der Waals surface area contributed by atoms with E-state index in [9.17, 15) is 27.2 Å². The van der Waals surface area contributed by atoms with Crippen molar-refractivity contribution in [2.24, 2.45) is 0 Å². The number of nitrogens with zero attached hydrogens (tertiary/aromatic N) is 5. The molecule has 37 heavy (non-hydrogen) atoms. The summed E-state index contributed by atoms with van der Waals surface area (Å²) in [5.41, 5.74) is -0.306. The van der Waals surface area contributed by atoms with Gasteiger partial charge in [0.15, 0.2) is 0 Å². The lowest BCUT2D eigenvalue weighted by Gasteiger charge is -2.35. The molecule has 1 fully saturated rings. The van der Waals surface area contributed by atoms with Crippen LogP contribution in [0.4, 0.5) is 28.0 Å². The molecule has 2 amide bonds. The molecule has 0 atom stereocenters. The van der Waals surface area contributed by atoms with Gasteiger partial charge < -0.3 is 19.5 Å². The van der Waals surface area contributed by atoms with Gasteiger partial charge in [0.05, 0.1) is 35.9 Å². The maximum Gasteiger partial charge on any atom is 0.417 e. The van der Waals surface area contributed by atoms with E-state index in [0.717, 1.165) is 29.0 Å². The van der Waals surface area contributed by atoms with Crippen molar-refractivity contribution in [3.8, 4) is 11.4 Å². The van der Waals surface area contributed by atoms with E-state index in [1.54, 1.807) is 0 Å². The number of nitrogens with one attached hydrogen (secondary N) is 1. The number of hydrogen-bond donors (Lipinski definition) is 1. The van der Waals surface area contributed by atoms with Crippen molar-refractivity contribution in [1.82, 2.24) is 24.7 Å². The van der Waals surface area contributed by atoms with Crippen LogP contribution in [-0.2, 0) is 10.9 Å². The molecule has 1 saturated heterocycles. The number of fused-ring (bicyclic) bond motifs is 1. The molecule has 14 heteroatoms. The Kier molecular flexibility index (Phi) is 5.80. The van der Waals surface area contributed by atoms with Gasteiger partial charge in [0.2, 0.25) is 11.7 Å². The molecule has 192 valence electrons. The van der Waals surface area contributed by atoms with Crippen LogP contribution < -0.4 is 5.32 Å². The Bertz CT molecular complexity index is 1520. The number of ether oxygens (including phenoxy) is 1. The third kappa shape index (κ3) is 4.45. The van der Waals surface area contributed by atoms with Crippen LogP contribution in [0.5, 0.6) is 0 Å². The summed E-state index contributed by atoms with van der Waals surface area (Å²) in [5.74, 6) is -1.18. The summed E-state index contributed by atoms with van der Waals surface area (Å²) in [6, 6.07) is 4.63. The molecule has 4 aromatic rings.